The monoisotopic (exact) mass is 277 g/mol. The highest BCUT2D eigenvalue weighted by Crippen LogP contribution is 2.48. The van der Waals surface area contributed by atoms with Crippen LogP contribution in [0.15, 0.2) is 12.2 Å². The van der Waals surface area contributed by atoms with Gasteiger partial charge in [-0.2, -0.15) is 0 Å². The third-order valence-corrected chi connectivity index (χ3v) is 5.52. The van der Waals surface area contributed by atoms with E-state index in [0.717, 1.165) is 6.42 Å². The van der Waals surface area contributed by atoms with Gasteiger partial charge in [0.05, 0.1) is 11.8 Å². The van der Waals surface area contributed by atoms with E-state index in [4.69, 9.17) is 0 Å². The molecule has 2 unspecified atom stereocenters. The smallest absolute Gasteiger partial charge is 0.307 e. The van der Waals surface area contributed by atoms with Crippen LogP contribution < -0.4 is 5.32 Å². The van der Waals surface area contributed by atoms with Crippen LogP contribution in [0, 0.1) is 29.6 Å². The average Bonchev–Trinajstić information content (AvgIpc) is 3.13. The minimum absolute atomic E-state index is 0.0475. The summed E-state index contributed by atoms with van der Waals surface area (Å²) >= 11 is 0. The SMILES string of the molecule is C[C@H](NC(=O)[C@H]1C2C=CC(C2)[C@H]1C(=O)O)C1CCCC1. The van der Waals surface area contributed by atoms with Crippen LogP contribution in [0.3, 0.4) is 0 Å². The molecular weight excluding hydrogens is 254 g/mol. The maximum absolute atomic E-state index is 12.5. The molecule has 0 saturated heterocycles. The molecule has 2 bridgehead atoms. The zero-order valence-corrected chi connectivity index (χ0v) is 11.9. The first-order valence-electron chi connectivity index (χ1n) is 7.79. The van der Waals surface area contributed by atoms with Crippen molar-refractivity contribution in [2.75, 3.05) is 0 Å². The van der Waals surface area contributed by atoms with E-state index in [-0.39, 0.29) is 29.7 Å². The van der Waals surface area contributed by atoms with Crippen molar-refractivity contribution in [1.29, 1.82) is 0 Å². The van der Waals surface area contributed by atoms with Gasteiger partial charge in [0.25, 0.3) is 0 Å². The lowest BCUT2D eigenvalue weighted by molar-refractivity contribution is -0.148. The van der Waals surface area contributed by atoms with E-state index in [1.165, 1.54) is 25.7 Å². The lowest BCUT2D eigenvalue weighted by Gasteiger charge is -2.27. The maximum atomic E-state index is 12.5. The normalized spacial score (nSPS) is 37.2. The maximum Gasteiger partial charge on any atom is 0.307 e. The summed E-state index contributed by atoms with van der Waals surface area (Å²) in [5, 5.41) is 12.5. The molecule has 4 nitrogen and oxygen atoms in total. The first-order valence-corrected chi connectivity index (χ1v) is 7.79. The number of carboxylic acids is 1. The summed E-state index contributed by atoms with van der Waals surface area (Å²) in [6, 6.07) is 0.169. The summed E-state index contributed by atoms with van der Waals surface area (Å²) in [6.45, 7) is 2.06. The number of aliphatic carboxylic acids is 1. The lowest BCUT2D eigenvalue weighted by atomic mass is 9.82. The Bertz CT molecular complexity index is 439. The molecule has 3 aliphatic rings. The highest BCUT2D eigenvalue weighted by atomic mass is 16.4. The second kappa shape index (κ2) is 5.23. The summed E-state index contributed by atoms with van der Waals surface area (Å²) in [4.78, 5) is 23.9. The van der Waals surface area contributed by atoms with Gasteiger partial charge in [-0.1, -0.05) is 25.0 Å². The van der Waals surface area contributed by atoms with Gasteiger partial charge in [0.1, 0.15) is 0 Å². The molecule has 3 rings (SSSR count). The topological polar surface area (TPSA) is 66.4 Å². The number of fused-ring (bicyclic) bond motifs is 2. The van der Waals surface area contributed by atoms with E-state index in [1.54, 1.807) is 0 Å². The molecule has 0 aromatic heterocycles. The molecule has 2 fully saturated rings. The van der Waals surface area contributed by atoms with Crippen molar-refractivity contribution >= 4 is 11.9 Å². The Morgan fingerprint density at radius 3 is 2.35 bits per heavy atom. The van der Waals surface area contributed by atoms with Gasteiger partial charge in [-0.3, -0.25) is 9.59 Å². The first-order chi connectivity index (χ1) is 9.58. The van der Waals surface area contributed by atoms with Gasteiger partial charge >= 0.3 is 5.97 Å². The quantitative estimate of drug-likeness (QED) is 0.774. The Balaban J connectivity index is 1.67. The molecule has 4 heteroatoms. The van der Waals surface area contributed by atoms with Crippen molar-refractivity contribution in [3.8, 4) is 0 Å². The van der Waals surface area contributed by atoms with Gasteiger partial charge in [-0.25, -0.2) is 0 Å². The molecule has 0 aromatic rings. The number of rotatable bonds is 4. The van der Waals surface area contributed by atoms with E-state index in [1.807, 2.05) is 12.2 Å². The van der Waals surface area contributed by atoms with Gasteiger partial charge in [0.15, 0.2) is 0 Å². The first kappa shape index (κ1) is 13.7. The molecule has 0 spiro atoms. The van der Waals surface area contributed by atoms with Gasteiger partial charge < -0.3 is 10.4 Å². The van der Waals surface area contributed by atoms with E-state index in [0.29, 0.717) is 5.92 Å². The van der Waals surface area contributed by atoms with Crippen molar-refractivity contribution < 1.29 is 14.7 Å². The predicted molar refractivity (Wildman–Crippen MR) is 74.9 cm³/mol. The van der Waals surface area contributed by atoms with Crippen LogP contribution >= 0.6 is 0 Å². The third kappa shape index (κ3) is 2.25. The van der Waals surface area contributed by atoms with Gasteiger partial charge in [-0.05, 0) is 43.9 Å². The number of carbonyl (C=O) groups excluding carboxylic acids is 1. The Labute approximate surface area is 119 Å². The summed E-state index contributed by atoms with van der Waals surface area (Å²) in [6.07, 6.45) is 9.70. The summed E-state index contributed by atoms with van der Waals surface area (Å²) < 4.78 is 0. The fourth-order valence-electron chi connectivity index (χ4n) is 4.41. The highest BCUT2D eigenvalue weighted by Gasteiger charge is 2.51. The fraction of sp³-hybridized carbons (Fsp3) is 0.750. The zero-order valence-electron chi connectivity index (χ0n) is 11.9. The van der Waals surface area contributed by atoms with E-state index in [2.05, 4.69) is 12.2 Å². The zero-order chi connectivity index (χ0) is 14.3. The number of nitrogens with one attached hydrogen (secondary N) is 1. The molecule has 110 valence electrons. The minimum Gasteiger partial charge on any atom is -0.481 e. The number of hydrogen-bond acceptors (Lipinski definition) is 2. The van der Waals surface area contributed by atoms with E-state index >= 15 is 0 Å². The summed E-state index contributed by atoms with van der Waals surface area (Å²) in [5.41, 5.74) is 0. The molecule has 2 saturated carbocycles. The lowest BCUT2D eigenvalue weighted by Crippen LogP contribution is -2.45. The van der Waals surface area contributed by atoms with Crippen molar-refractivity contribution in [3.63, 3.8) is 0 Å². The number of amides is 1. The van der Waals surface area contributed by atoms with Crippen molar-refractivity contribution in [2.45, 2.75) is 45.1 Å². The molecule has 0 radical (unpaired) electrons. The van der Waals surface area contributed by atoms with Crippen LogP contribution in [0.25, 0.3) is 0 Å². The van der Waals surface area contributed by atoms with Crippen molar-refractivity contribution in [3.05, 3.63) is 12.2 Å². The second-order valence-electron chi connectivity index (χ2n) is 6.68. The Hall–Kier alpha value is -1.32. The number of allylic oxidation sites excluding steroid dienone is 2. The van der Waals surface area contributed by atoms with Gasteiger partial charge in [0, 0.05) is 6.04 Å². The third-order valence-electron chi connectivity index (χ3n) is 5.52. The van der Waals surface area contributed by atoms with Crippen LogP contribution in [-0.2, 0) is 9.59 Å². The number of hydrogen-bond donors (Lipinski definition) is 2. The Morgan fingerprint density at radius 2 is 1.75 bits per heavy atom. The largest absolute Gasteiger partial charge is 0.481 e. The van der Waals surface area contributed by atoms with Gasteiger partial charge in [0.2, 0.25) is 5.91 Å². The van der Waals surface area contributed by atoms with E-state index < -0.39 is 11.9 Å². The van der Waals surface area contributed by atoms with Gasteiger partial charge in [-0.15, -0.1) is 0 Å². The molecule has 20 heavy (non-hydrogen) atoms. The standard InChI is InChI=1S/C16H23NO3/c1-9(10-4-2-3-5-10)17-15(18)13-11-6-7-12(8-11)14(13)16(19)20/h6-7,9-14H,2-5,8H2,1H3,(H,17,18)(H,19,20)/t9-,11?,12?,13-,14+/m0/s1. The van der Waals surface area contributed by atoms with Crippen LogP contribution in [0.1, 0.15) is 39.0 Å². The minimum atomic E-state index is -0.824. The Morgan fingerprint density at radius 1 is 1.15 bits per heavy atom. The number of carbonyl (C=O) groups is 2. The van der Waals surface area contributed by atoms with Crippen molar-refractivity contribution in [1.82, 2.24) is 5.32 Å². The predicted octanol–water partition coefficient (Wildman–Crippen LogP) is 2.20. The fourth-order valence-corrected chi connectivity index (χ4v) is 4.41. The Kier molecular flexibility index (Phi) is 3.57. The summed E-state index contributed by atoms with van der Waals surface area (Å²) in [5.74, 6) is -1.03. The second-order valence-corrected chi connectivity index (χ2v) is 6.68. The van der Waals surface area contributed by atoms with Crippen LogP contribution in [0.5, 0.6) is 0 Å². The molecule has 2 N–H and O–H groups in total. The summed E-state index contributed by atoms with van der Waals surface area (Å²) in [7, 11) is 0. The molecule has 0 aliphatic heterocycles. The molecule has 3 aliphatic carbocycles. The number of carboxylic acid groups (broad SMARTS) is 1. The molecule has 0 heterocycles. The van der Waals surface area contributed by atoms with Crippen LogP contribution in [-0.4, -0.2) is 23.0 Å². The van der Waals surface area contributed by atoms with Crippen LogP contribution in [0.2, 0.25) is 0 Å². The van der Waals surface area contributed by atoms with Crippen LogP contribution in [0.4, 0.5) is 0 Å². The van der Waals surface area contributed by atoms with E-state index in [9.17, 15) is 14.7 Å². The average molecular weight is 277 g/mol. The molecule has 1 amide bonds. The molecule has 0 aromatic carbocycles. The van der Waals surface area contributed by atoms with Crippen molar-refractivity contribution in [2.24, 2.45) is 29.6 Å². The highest BCUT2D eigenvalue weighted by molar-refractivity contribution is 5.87. The molecule has 5 atom stereocenters. The molecular formula is C16H23NO3.